The summed E-state index contributed by atoms with van der Waals surface area (Å²) in [4.78, 5) is 12.1. The van der Waals surface area contributed by atoms with Crippen LogP contribution in [0.25, 0.3) is 0 Å². The molecule has 1 amide bonds. The second-order valence-electron chi connectivity index (χ2n) is 4.62. The number of rotatable bonds is 4. The summed E-state index contributed by atoms with van der Waals surface area (Å²) in [6.45, 7) is 4.54. The summed E-state index contributed by atoms with van der Waals surface area (Å²) in [5.41, 5.74) is 1.90. The topological polar surface area (TPSA) is 41.1 Å². The van der Waals surface area contributed by atoms with Crippen LogP contribution in [0.15, 0.2) is 36.4 Å². The summed E-state index contributed by atoms with van der Waals surface area (Å²) in [6.07, 6.45) is 0. The number of nitrogens with one attached hydrogen (secondary N) is 2. The molecule has 0 unspecified atom stereocenters. The predicted octanol–water partition coefficient (Wildman–Crippen LogP) is 3.96. The molecule has 0 bridgehead atoms. The molecule has 21 heavy (non-hydrogen) atoms. The van der Waals surface area contributed by atoms with E-state index >= 15 is 0 Å². The minimum atomic E-state index is -1.06. The van der Waals surface area contributed by atoms with Crippen molar-refractivity contribution < 1.29 is 13.6 Å². The van der Waals surface area contributed by atoms with Crippen molar-refractivity contribution in [1.82, 2.24) is 0 Å². The van der Waals surface area contributed by atoms with Crippen LogP contribution in [0.5, 0.6) is 0 Å². The van der Waals surface area contributed by atoms with Gasteiger partial charge in [-0.25, -0.2) is 8.78 Å². The van der Waals surface area contributed by atoms with Crippen molar-refractivity contribution in [2.45, 2.75) is 13.8 Å². The molecule has 0 saturated carbocycles. The van der Waals surface area contributed by atoms with Crippen LogP contribution in [-0.4, -0.2) is 12.5 Å². The van der Waals surface area contributed by atoms with Crippen LogP contribution in [0, 0.1) is 18.6 Å². The highest BCUT2D eigenvalue weighted by molar-refractivity contribution is 6.05. The minimum Gasteiger partial charge on any atom is -0.385 e. The molecule has 0 atom stereocenters. The van der Waals surface area contributed by atoms with E-state index in [0.717, 1.165) is 23.9 Å². The Morgan fingerprint density at radius 2 is 1.95 bits per heavy atom. The van der Waals surface area contributed by atoms with Crippen LogP contribution in [0.2, 0.25) is 0 Å². The largest absolute Gasteiger partial charge is 0.385 e. The van der Waals surface area contributed by atoms with Gasteiger partial charge in [-0.2, -0.15) is 0 Å². The van der Waals surface area contributed by atoms with Gasteiger partial charge in [-0.15, -0.1) is 0 Å². The van der Waals surface area contributed by atoms with Gasteiger partial charge in [0, 0.05) is 17.8 Å². The summed E-state index contributed by atoms with van der Waals surface area (Å²) < 4.78 is 26.7. The second kappa shape index (κ2) is 6.35. The van der Waals surface area contributed by atoms with Crippen molar-refractivity contribution in [2.75, 3.05) is 17.2 Å². The molecular formula is C16H16F2N2O. The third-order valence-electron chi connectivity index (χ3n) is 3.05. The van der Waals surface area contributed by atoms with Gasteiger partial charge in [0.1, 0.15) is 0 Å². The molecule has 0 aliphatic carbocycles. The number of carbonyl (C=O) groups is 1. The van der Waals surface area contributed by atoms with E-state index in [4.69, 9.17) is 0 Å². The van der Waals surface area contributed by atoms with E-state index in [0.29, 0.717) is 5.56 Å². The van der Waals surface area contributed by atoms with E-state index in [1.54, 1.807) is 19.1 Å². The van der Waals surface area contributed by atoms with E-state index in [1.807, 2.05) is 13.0 Å². The molecule has 2 rings (SSSR count). The second-order valence-corrected chi connectivity index (χ2v) is 4.62. The van der Waals surface area contributed by atoms with Crippen LogP contribution >= 0.6 is 0 Å². The Labute approximate surface area is 122 Å². The molecule has 0 saturated heterocycles. The van der Waals surface area contributed by atoms with Crippen molar-refractivity contribution >= 4 is 17.3 Å². The fraction of sp³-hybridized carbons (Fsp3) is 0.188. The van der Waals surface area contributed by atoms with Gasteiger partial charge in [0.25, 0.3) is 5.91 Å². The molecule has 0 radical (unpaired) electrons. The van der Waals surface area contributed by atoms with Gasteiger partial charge in [0.2, 0.25) is 0 Å². The van der Waals surface area contributed by atoms with E-state index < -0.39 is 17.5 Å². The molecular weight excluding hydrogens is 274 g/mol. The minimum absolute atomic E-state index is 0.171. The summed E-state index contributed by atoms with van der Waals surface area (Å²) in [5, 5.41) is 5.52. The first kappa shape index (κ1) is 15.0. The normalized spacial score (nSPS) is 10.3. The SMILES string of the molecule is CCNc1ccc(C(=O)Nc2cccc(F)c2F)c(C)c1. The van der Waals surface area contributed by atoms with Crippen molar-refractivity contribution in [1.29, 1.82) is 0 Å². The number of hydrogen-bond donors (Lipinski definition) is 2. The Kier molecular flexibility index (Phi) is 4.52. The average Bonchev–Trinajstić information content (AvgIpc) is 2.44. The summed E-state index contributed by atoms with van der Waals surface area (Å²) in [6, 6.07) is 8.92. The van der Waals surface area contributed by atoms with Gasteiger partial charge in [-0.05, 0) is 49.7 Å². The smallest absolute Gasteiger partial charge is 0.256 e. The fourth-order valence-electron chi connectivity index (χ4n) is 2.02. The van der Waals surface area contributed by atoms with Crippen molar-refractivity contribution in [2.24, 2.45) is 0 Å². The maximum absolute atomic E-state index is 13.5. The summed E-state index contributed by atoms with van der Waals surface area (Å²) >= 11 is 0. The van der Waals surface area contributed by atoms with Crippen molar-refractivity contribution in [3.05, 3.63) is 59.2 Å². The molecule has 2 aromatic rings. The third kappa shape index (κ3) is 3.37. The maximum atomic E-state index is 13.5. The van der Waals surface area contributed by atoms with Crippen LogP contribution in [0.3, 0.4) is 0 Å². The molecule has 0 aliphatic rings. The van der Waals surface area contributed by atoms with E-state index in [2.05, 4.69) is 10.6 Å². The number of anilines is 2. The van der Waals surface area contributed by atoms with Gasteiger partial charge in [-0.1, -0.05) is 6.07 Å². The Morgan fingerprint density at radius 1 is 1.19 bits per heavy atom. The summed E-state index contributed by atoms with van der Waals surface area (Å²) in [7, 11) is 0. The van der Waals surface area contributed by atoms with Gasteiger partial charge in [-0.3, -0.25) is 4.79 Å². The lowest BCUT2D eigenvalue weighted by Crippen LogP contribution is -2.15. The number of hydrogen-bond acceptors (Lipinski definition) is 2. The first-order valence-corrected chi connectivity index (χ1v) is 6.62. The van der Waals surface area contributed by atoms with E-state index in [1.165, 1.54) is 12.1 Å². The molecule has 0 heterocycles. The predicted molar refractivity (Wildman–Crippen MR) is 79.7 cm³/mol. The van der Waals surface area contributed by atoms with Crippen molar-refractivity contribution in [3.8, 4) is 0 Å². The van der Waals surface area contributed by atoms with Crippen LogP contribution in [0.1, 0.15) is 22.8 Å². The highest BCUT2D eigenvalue weighted by Gasteiger charge is 2.14. The van der Waals surface area contributed by atoms with Gasteiger partial charge >= 0.3 is 0 Å². The number of halogens is 2. The molecule has 5 heteroatoms. The molecule has 0 fully saturated rings. The van der Waals surface area contributed by atoms with Crippen molar-refractivity contribution in [3.63, 3.8) is 0 Å². The highest BCUT2D eigenvalue weighted by Crippen LogP contribution is 2.20. The van der Waals surface area contributed by atoms with Gasteiger partial charge < -0.3 is 10.6 Å². The first-order valence-electron chi connectivity index (χ1n) is 6.62. The lowest BCUT2D eigenvalue weighted by Gasteiger charge is -2.11. The zero-order chi connectivity index (χ0) is 15.4. The van der Waals surface area contributed by atoms with E-state index in [9.17, 15) is 13.6 Å². The summed E-state index contributed by atoms with van der Waals surface area (Å²) in [5.74, 6) is -2.53. The highest BCUT2D eigenvalue weighted by atomic mass is 19.2. The van der Waals surface area contributed by atoms with Gasteiger partial charge in [0.05, 0.1) is 5.69 Å². The zero-order valence-corrected chi connectivity index (χ0v) is 11.8. The van der Waals surface area contributed by atoms with E-state index in [-0.39, 0.29) is 5.69 Å². The fourth-order valence-corrected chi connectivity index (χ4v) is 2.02. The van der Waals surface area contributed by atoms with Gasteiger partial charge in [0.15, 0.2) is 11.6 Å². The lowest BCUT2D eigenvalue weighted by molar-refractivity contribution is 0.102. The Bertz CT molecular complexity index is 671. The molecule has 0 aromatic heterocycles. The zero-order valence-electron chi connectivity index (χ0n) is 11.8. The molecule has 2 aromatic carbocycles. The number of carbonyl (C=O) groups excluding carboxylic acids is 1. The molecule has 0 aliphatic heterocycles. The lowest BCUT2D eigenvalue weighted by atomic mass is 10.1. The number of benzene rings is 2. The molecule has 110 valence electrons. The Balaban J connectivity index is 2.22. The Morgan fingerprint density at radius 3 is 2.62 bits per heavy atom. The number of aryl methyl sites for hydroxylation is 1. The Hall–Kier alpha value is -2.43. The average molecular weight is 290 g/mol. The van der Waals surface area contributed by atoms with Crippen LogP contribution < -0.4 is 10.6 Å². The van der Waals surface area contributed by atoms with Crippen LogP contribution in [0.4, 0.5) is 20.2 Å². The molecule has 3 nitrogen and oxygen atoms in total. The quantitative estimate of drug-likeness (QED) is 0.895. The number of amides is 1. The first-order chi connectivity index (χ1) is 10.0. The molecule has 0 spiro atoms. The maximum Gasteiger partial charge on any atom is 0.256 e. The standard InChI is InChI=1S/C16H16F2N2O/c1-3-19-11-7-8-12(10(2)9-11)16(21)20-14-6-4-5-13(17)15(14)18/h4-9,19H,3H2,1-2H3,(H,20,21). The third-order valence-corrected chi connectivity index (χ3v) is 3.05. The molecule has 2 N–H and O–H groups in total. The monoisotopic (exact) mass is 290 g/mol. The van der Waals surface area contributed by atoms with Crippen LogP contribution in [-0.2, 0) is 0 Å².